The lowest BCUT2D eigenvalue weighted by atomic mass is 10.1. The summed E-state index contributed by atoms with van der Waals surface area (Å²) >= 11 is 1.72. The number of nitrogens with zero attached hydrogens (tertiary/aromatic N) is 1. The second kappa shape index (κ2) is 5.49. The second-order valence-electron chi connectivity index (χ2n) is 4.37. The monoisotopic (exact) mass is 269 g/mol. The van der Waals surface area contributed by atoms with Crippen LogP contribution in [0.5, 0.6) is 0 Å². The molecule has 0 bridgehead atoms. The first-order valence-electron chi connectivity index (χ1n) is 6.27. The first-order valence-corrected chi connectivity index (χ1v) is 7.50. The molecule has 3 rings (SSSR count). The third kappa shape index (κ3) is 2.51. The summed E-state index contributed by atoms with van der Waals surface area (Å²) in [6, 6.07) is 18.6. The number of rotatable bonds is 3. The number of aliphatic imine (C=N–C) groups is 1. The lowest BCUT2D eigenvalue weighted by Crippen LogP contribution is -2.02. The number of thioether (sulfide) groups is 1. The fourth-order valence-electron chi connectivity index (χ4n) is 2.19. The number of hydrogen-bond acceptors (Lipinski definition) is 3. The van der Waals surface area contributed by atoms with Crippen LogP contribution in [0.4, 0.5) is 0 Å². The second-order valence-corrected chi connectivity index (χ2v) is 5.22. The standard InChI is InChI=1S/C16H15NOS/c1-19-15-10-6-5-9-13(15)16-17-14(11-18-16)12-7-3-2-4-8-12/h2-10,14H,11H2,1H3/t14-/m0/s1. The maximum atomic E-state index is 5.79. The molecule has 0 N–H and O–H groups in total. The molecule has 0 aliphatic carbocycles. The van der Waals surface area contributed by atoms with Gasteiger partial charge in [-0.15, -0.1) is 11.8 Å². The molecule has 0 spiro atoms. The van der Waals surface area contributed by atoms with Crippen molar-refractivity contribution in [2.75, 3.05) is 12.9 Å². The van der Waals surface area contributed by atoms with Gasteiger partial charge in [-0.2, -0.15) is 0 Å². The average molecular weight is 269 g/mol. The van der Waals surface area contributed by atoms with Gasteiger partial charge in [-0.05, 0) is 24.0 Å². The largest absolute Gasteiger partial charge is 0.475 e. The van der Waals surface area contributed by atoms with E-state index in [-0.39, 0.29) is 6.04 Å². The van der Waals surface area contributed by atoms with E-state index in [1.54, 1.807) is 11.8 Å². The van der Waals surface area contributed by atoms with Gasteiger partial charge in [0.2, 0.25) is 5.90 Å². The molecule has 3 heteroatoms. The molecule has 2 nitrogen and oxygen atoms in total. The zero-order valence-electron chi connectivity index (χ0n) is 10.7. The van der Waals surface area contributed by atoms with Crippen LogP contribution >= 0.6 is 11.8 Å². The fraction of sp³-hybridized carbons (Fsp3) is 0.188. The van der Waals surface area contributed by atoms with E-state index in [9.17, 15) is 0 Å². The Hall–Kier alpha value is -1.74. The third-order valence-corrected chi connectivity index (χ3v) is 3.97. The molecule has 2 aromatic rings. The first-order chi connectivity index (χ1) is 9.38. The minimum atomic E-state index is 0.117. The van der Waals surface area contributed by atoms with Crippen molar-refractivity contribution >= 4 is 17.7 Å². The molecule has 96 valence electrons. The van der Waals surface area contributed by atoms with E-state index < -0.39 is 0 Å². The van der Waals surface area contributed by atoms with Crippen molar-refractivity contribution in [2.45, 2.75) is 10.9 Å². The molecule has 1 heterocycles. The molecule has 1 aliphatic heterocycles. The molecule has 0 radical (unpaired) electrons. The zero-order chi connectivity index (χ0) is 13.1. The van der Waals surface area contributed by atoms with E-state index in [1.165, 1.54) is 10.5 Å². The van der Waals surface area contributed by atoms with Crippen LogP contribution in [0.3, 0.4) is 0 Å². The molecule has 2 aromatic carbocycles. The van der Waals surface area contributed by atoms with Crippen LogP contribution in [-0.2, 0) is 4.74 Å². The minimum Gasteiger partial charge on any atom is -0.475 e. The summed E-state index contributed by atoms with van der Waals surface area (Å²) in [5.74, 6) is 0.763. The van der Waals surface area contributed by atoms with Crippen LogP contribution < -0.4 is 0 Å². The van der Waals surface area contributed by atoms with Crippen LogP contribution in [0.2, 0.25) is 0 Å². The molecule has 0 fully saturated rings. The summed E-state index contributed by atoms with van der Waals surface area (Å²) in [6.07, 6.45) is 2.07. The van der Waals surface area contributed by atoms with E-state index in [4.69, 9.17) is 9.73 Å². The van der Waals surface area contributed by atoms with Gasteiger partial charge in [0.05, 0.1) is 0 Å². The predicted octanol–water partition coefficient (Wildman–Crippen LogP) is 3.93. The minimum absolute atomic E-state index is 0.117. The molecule has 1 atom stereocenters. The maximum absolute atomic E-state index is 5.79. The summed E-state index contributed by atoms with van der Waals surface area (Å²) in [5.41, 5.74) is 2.30. The molecule has 0 unspecified atom stereocenters. The summed E-state index contributed by atoms with van der Waals surface area (Å²) in [4.78, 5) is 5.92. The van der Waals surface area contributed by atoms with Crippen molar-refractivity contribution in [3.8, 4) is 0 Å². The van der Waals surface area contributed by atoms with Gasteiger partial charge in [0.1, 0.15) is 12.6 Å². The normalized spacial score (nSPS) is 17.9. The lowest BCUT2D eigenvalue weighted by molar-refractivity contribution is 0.319. The zero-order valence-corrected chi connectivity index (χ0v) is 11.6. The first kappa shape index (κ1) is 12.3. The molecule has 0 saturated carbocycles. The third-order valence-electron chi connectivity index (χ3n) is 3.17. The highest BCUT2D eigenvalue weighted by molar-refractivity contribution is 7.98. The average Bonchev–Trinajstić information content (AvgIpc) is 2.98. The van der Waals surface area contributed by atoms with Crippen LogP contribution in [0.1, 0.15) is 17.2 Å². The quantitative estimate of drug-likeness (QED) is 0.787. The van der Waals surface area contributed by atoms with Crippen molar-refractivity contribution in [3.63, 3.8) is 0 Å². The van der Waals surface area contributed by atoms with E-state index in [0.29, 0.717) is 6.61 Å². The SMILES string of the molecule is CSc1ccccc1C1=N[C@H](c2ccccc2)CO1. The number of hydrogen-bond donors (Lipinski definition) is 0. The Kier molecular flexibility index (Phi) is 3.56. The van der Waals surface area contributed by atoms with Gasteiger partial charge in [0.15, 0.2) is 0 Å². The fourth-order valence-corrected chi connectivity index (χ4v) is 2.78. The van der Waals surface area contributed by atoms with Gasteiger partial charge in [-0.25, -0.2) is 4.99 Å². The van der Waals surface area contributed by atoms with Crippen molar-refractivity contribution in [3.05, 3.63) is 65.7 Å². The topological polar surface area (TPSA) is 21.6 Å². The van der Waals surface area contributed by atoms with Crippen molar-refractivity contribution in [2.24, 2.45) is 4.99 Å². The van der Waals surface area contributed by atoms with Gasteiger partial charge in [-0.3, -0.25) is 0 Å². The van der Waals surface area contributed by atoms with E-state index in [1.807, 2.05) is 30.3 Å². The maximum Gasteiger partial charge on any atom is 0.218 e. The highest BCUT2D eigenvalue weighted by Gasteiger charge is 2.22. The van der Waals surface area contributed by atoms with Gasteiger partial charge in [0, 0.05) is 10.5 Å². The number of ether oxygens (including phenoxy) is 1. The Labute approximate surface area is 117 Å². The van der Waals surface area contributed by atoms with Crippen LogP contribution in [0.15, 0.2) is 64.5 Å². The van der Waals surface area contributed by atoms with E-state index in [2.05, 4.69) is 30.5 Å². The van der Waals surface area contributed by atoms with Gasteiger partial charge in [-0.1, -0.05) is 42.5 Å². The molecule has 19 heavy (non-hydrogen) atoms. The smallest absolute Gasteiger partial charge is 0.218 e. The lowest BCUT2D eigenvalue weighted by Gasteiger charge is -2.05. The van der Waals surface area contributed by atoms with E-state index in [0.717, 1.165) is 11.5 Å². The molecule has 1 aliphatic rings. The molecule has 0 aromatic heterocycles. The van der Waals surface area contributed by atoms with Crippen molar-refractivity contribution in [1.82, 2.24) is 0 Å². The van der Waals surface area contributed by atoms with Crippen molar-refractivity contribution in [1.29, 1.82) is 0 Å². The molecule has 0 amide bonds. The highest BCUT2D eigenvalue weighted by Crippen LogP contribution is 2.28. The van der Waals surface area contributed by atoms with Gasteiger partial charge < -0.3 is 4.74 Å². The summed E-state index contributed by atoms with van der Waals surface area (Å²) < 4.78 is 5.79. The molecule has 0 saturated heterocycles. The van der Waals surface area contributed by atoms with Crippen LogP contribution in [-0.4, -0.2) is 18.8 Å². The van der Waals surface area contributed by atoms with Crippen LogP contribution in [0, 0.1) is 0 Å². The van der Waals surface area contributed by atoms with Gasteiger partial charge in [0.25, 0.3) is 0 Å². The highest BCUT2D eigenvalue weighted by atomic mass is 32.2. The van der Waals surface area contributed by atoms with Crippen molar-refractivity contribution < 1.29 is 4.74 Å². The number of benzene rings is 2. The molecular weight excluding hydrogens is 254 g/mol. The Morgan fingerprint density at radius 1 is 1.05 bits per heavy atom. The Morgan fingerprint density at radius 2 is 1.79 bits per heavy atom. The Balaban J connectivity index is 1.91. The Bertz CT molecular complexity index is 595. The van der Waals surface area contributed by atoms with E-state index >= 15 is 0 Å². The summed E-state index contributed by atoms with van der Waals surface area (Å²) in [6.45, 7) is 0.627. The van der Waals surface area contributed by atoms with Gasteiger partial charge >= 0.3 is 0 Å². The van der Waals surface area contributed by atoms with Crippen LogP contribution in [0.25, 0.3) is 0 Å². The molecular formula is C16H15NOS. The Morgan fingerprint density at radius 3 is 2.58 bits per heavy atom. The predicted molar refractivity (Wildman–Crippen MR) is 79.9 cm³/mol. The summed E-state index contributed by atoms with van der Waals surface area (Å²) in [5, 5.41) is 0. The summed E-state index contributed by atoms with van der Waals surface area (Å²) in [7, 11) is 0.